The van der Waals surface area contributed by atoms with Crippen molar-refractivity contribution in [1.82, 2.24) is 15.3 Å². The van der Waals surface area contributed by atoms with E-state index in [2.05, 4.69) is 41.4 Å². The van der Waals surface area contributed by atoms with Crippen molar-refractivity contribution in [1.29, 1.82) is 0 Å². The number of carbonyl (C=O) groups excluding carboxylic acids is 1. The minimum atomic E-state index is -0.167. The molecule has 2 N–H and O–H groups in total. The van der Waals surface area contributed by atoms with E-state index in [1.54, 1.807) is 31.6 Å². The van der Waals surface area contributed by atoms with Crippen molar-refractivity contribution < 1.29 is 14.3 Å². The summed E-state index contributed by atoms with van der Waals surface area (Å²) in [7, 11) is 1.57. The van der Waals surface area contributed by atoms with Crippen molar-refractivity contribution in [3.63, 3.8) is 0 Å². The molecule has 2 aromatic rings. The van der Waals surface area contributed by atoms with E-state index in [4.69, 9.17) is 9.47 Å². The van der Waals surface area contributed by atoms with Gasteiger partial charge in [-0.25, -0.2) is 9.97 Å². The van der Waals surface area contributed by atoms with Crippen molar-refractivity contribution in [3.05, 3.63) is 40.6 Å². The molecule has 3 rings (SSSR count). The molecule has 1 aliphatic heterocycles. The molecule has 1 aliphatic rings. The van der Waals surface area contributed by atoms with Crippen LogP contribution < -0.4 is 20.3 Å². The Hall–Kier alpha value is -2.39. The number of ether oxygens (including phenoxy) is 2. The molecule has 0 aliphatic carbocycles. The fraction of sp³-hybridized carbons (Fsp3) is 0.389. The highest BCUT2D eigenvalue weighted by atomic mass is 79.9. The smallest absolute Gasteiger partial charge is 0.252 e. The molecule has 1 amide bonds. The van der Waals surface area contributed by atoms with Crippen LogP contribution in [0.3, 0.4) is 0 Å². The van der Waals surface area contributed by atoms with Crippen LogP contribution in [0, 0.1) is 0 Å². The fourth-order valence-electron chi connectivity index (χ4n) is 2.68. The largest absolute Gasteiger partial charge is 0.497 e. The van der Waals surface area contributed by atoms with Gasteiger partial charge in [-0.1, -0.05) is 0 Å². The number of halogens is 1. The van der Waals surface area contributed by atoms with Crippen LogP contribution in [0.15, 0.2) is 35.1 Å². The third kappa shape index (κ3) is 5.30. The molecule has 0 atom stereocenters. The lowest BCUT2D eigenvalue weighted by molar-refractivity contribution is 0.0954. The van der Waals surface area contributed by atoms with Gasteiger partial charge >= 0.3 is 0 Å². The third-order valence-corrected chi connectivity index (χ3v) is 4.81. The number of carbonyl (C=O) groups is 1. The Morgan fingerprint density at radius 3 is 2.85 bits per heavy atom. The van der Waals surface area contributed by atoms with Crippen LogP contribution in [-0.2, 0) is 4.74 Å². The summed E-state index contributed by atoms with van der Waals surface area (Å²) >= 11 is 3.39. The molecule has 0 spiro atoms. The summed E-state index contributed by atoms with van der Waals surface area (Å²) < 4.78 is 11.2. The van der Waals surface area contributed by atoms with Crippen LogP contribution in [0.5, 0.6) is 5.75 Å². The maximum Gasteiger partial charge on any atom is 0.252 e. The van der Waals surface area contributed by atoms with E-state index in [0.29, 0.717) is 37.6 Å². The lowest BCUT2D eigenvalue weighted by Crippen LogP contribution is -2.36. The molecule has 0 bridgehead atoms. The van der Waals surface area contributed by atoms with E-state index in [1.165, 1.54) is 0 Å². The molecule has 0 unspecified atom stereocenters. The highest BCUT2D eigenvalue weighted by Gasteiger charge is 2.13. The Bertz CT molecular complexity index is 783. The van der Waals surface area contributed by atoms with Gasteiger partial charge in [-0.15, -0.1) is 0 Å². The molecular formula is C18H22BrN5O3. The van der Waals surface area contributed by atoms with Gasteiger partial charge in [0, 0.05) is 36.7 Å². The van der Waals surface area contributed by atoms with Gasteiger partial charge < -0.3 is 25.0 Å². The zero-order chi connectivity index (χ0) is 19.1. The molecule has 2 heterocycles. The van der Waals surface area contributed by atoms with Gasteiger partial charge in [-0.2, -0.15) is 0 Å². The topological polar surface area (TPSA) is 88.6 Å². The fourth-order valence-corrected chi connectivity index (χ4v) is 3.10. The normalized spacial score (nSPS) is 13.9. The van der Waals surface area contributed by atoms with Gasteiger partial charge in [-0.3, -0.25) is 4.79 Å². The first-order valence-corrected chi connectivity index (χ1v) is 9.47. The van der Waals surface area contributed by atoms with E-state index in [-0.39, 0.29) is 5.91 Å². The highest BCUT2D eigenvalue weighted by molar-refractivity contribution is 9.10. The molecule has 9 heteroatoms. The zero-order valence-corrected chi connectivity index (χ0v) is 16.7. The second kappa shape index (κ2) is 9.52. The minimum Gasteiger partial charge on any atom is -0.497 e. The highest BCUT2D eigenvalue weighted by Crippen LogP contribution is 2.22. The van der Waals surface area contributed by atoms with E-state index >= 15 is 0 Å². The molecule has 1 aromatic carbocycles. The van der Waals surface area contributed by atoms with Crippen LogP contribution in [0.4, 0.5) is 11.6 Å². The van der Waals surface area contributed by atoms with Crippen molar-refractivity contribution in [2.24, 2.45) is 0 Å². The van der Waals surface area contributed by atoms with E-state index in [0.717, 1.165) is 29.2 Å². The van der Waals surface area contributed by atoms with Crippen molar-refractivity contribution >= 4 is 33.5 Å². The average molecular weight is 436 g/mol. The summed E-state index contributed by atoms with van der Waals surface area (Å²) in [6.45, 7) is 4.06. The van der Waals surface area contributed by atoms with Gasteiger partial charge in [0.1, 0.15) is 23.7 Å². The van der Waals surface area contributed by atoms with Crippen LogP contribution in [0.1, 0.15) is 10.4 Å². The molecule has 144 valence electrons. The van der Waals surface area contributed by atoms with Gasteiger partial charge in [-0.05, 0) is 34.1 Å². The number of morpholine rings is 1. The van der Waals surface area contributed by atoms with Crippen molar-refractivity contribution in [2.75, 3.05) is 56.7 Å². The Balaban J connectivity index is 1.49. The van der Waals surface area contributed by atoms with Crippen molar-refractivity contribution in [2.45, 2.75) is 0 Å². The van der Waals surface area contributed by atoms with Crippen LogP contribution >= 0.6 is 15.9 Å². The predicted octanol–water partition coefficient (Wildman–Crippen LogP) is 1.93. The number of amides is 1. The summed E-state index contributed by atoms with van der Waals surface area (Å²) in [5.74, 6) is 2.07. The molecular weight excluding hydrogens is 414 g/mol. The molecule has 27 heavy (non-hydrogen) atoms. The number of nitrogens with zero attached hydrogens (tertiary/aromatic N) is 3. The summed E-state index contributed by atoms with van der Waals surface area (Å²) in [5, 5.41) is 6.09. The van der Waals surface area contributed by atoms with E-state index in [1.807, 2.05) is 6.07 Å². The Morgan fingerprint density at radius 1 is 1.26 bits per heavy atom. The molecule has 0 saturated carbocycles. The first kappa shape index (κ1) is 19.4. The minimum absolute atomic E-state index is 0.167. The molecule has 0 radical (unpaired) electrons. The number of nitrogens with one attached hydrogen (secondary N) is 2. The summed E-state index contributed by atoms with van der Waals surface area (Å²) in [5.41, 5.74) is 0.533. The van der Waals surface area contributed by atoms with Gasteiger partial charge in [0.25, 0.3) is 5.91 Å². The quantitative estimate of drug-likeness (QED) is 0.642. The second-order valence-corrected chi connectivity index (χ2v) is 6.74. The lowest BCUT2D eigenvalue weighted by Gasteiger charge is -2.27. The predicted molar refractivity (Wildman–Crippen MR) is 107 cm³/mol. The van der Waals surface area contributed by atoms with Crippen molar-refractivity contribution in [3.8, 4) is 5.75 Å². The van der Waals surface area contributed by atoms with Gasteiger partial charge in [0.05, 0.1) is 25.9 Å². The lowest BCUT2D eigenvalue weighted by atomic mass is 10.2. The summed E-state index contributed by atoms with van der Waals surface area (Å²) in [6, 6.07) is 7.20. The number of anilines is 2. The molecule has 8 nitrogen and oxygen atoms in total. The monoisotopic (exact) mass is 435 g/mol. The SMILES string of the molecule is COc1ccc(Br)c(C(=O)NCCNc2cc(N3CCOCC3)ncn2)c1. The average Bonchev–Trinajstić information content (AvgIpc) is 2.72. The Kier molecular flexibility index (Phi) is 6.83. The molecule has 1 saturated heterocycles. The first-order valence-electron chi connectivity index (χ1n) is 8.67. The number of methoxy groups -OCH3 is 1. The van der Waals surface area contributed by atoms with Gasteiger partial charge in [0.2, 0.25) is 0 Å². The Labute approximate surface area is 166 Å². The standard InChI is InChI=1S/C18H22BrN5O3/c1-26-13-2-3-15(19)14(10-13)18(25)21-5-4-20-16-11-17(23-12-22-16)24-6-8-27-9-7-24/h2-3,10-12H,4-9H2,1H3,(H,21,25)(H,20,22,23). The summed E-state index contributed by atoms with van der Waals surface area (Å²) in [4.78, 5) is 23.0. The van der Waals surface area contributed by atoms with Crippen LogP contribution in [-0.4, -0.2) is 62.4 Å². The number of benzene rings is 1. The molecule has 1 aromatic heterocycles. The van der Waals surface area contributed by atoms with Gasteiger partial charge in [0.15, 0.2) is 0 Å². The maximum atomic E-state index is 12.3. The maximum absolute atomic E-state index is 12.3. The zero-order valence-electron chi connectivity index (χ0n) is 15.1. The molecule has 1 fully saturated rings. The number of aromatic nitrogens is 2. The van der Waals surface area contributed by atoms with Crippen LogP contribution in [0.2, 0.25) is 0 Å². The van der Waals surface area contributed by atoms with Crippen LogP contribution in [0.25, 0.3) is 0 Å². The second-order valence-electron chi connectivity index (χ2n) is 5.89. The Morgan fingerprint density at radius 2 is 2.07 bits per heavy atom. The first-order chi connectivity index (χ1) is 13.2. The van der Waals surface area contributed by atoms with E-state index < -0.39 is 0 Å². The third-order valence-electron chi connectivity index (χ3n) is 4.12. The number of hydrogen-bond donors (Lipinski definition) is 2. The number of hydrogen-bond acceptors (Lipinski definition) is 7. The number of rotatable bonds is 7. The summed E-state index contributed by atoms with van der Waals surface area (Å²) in [6.07, 6.45) is 1.54. The van der Waals surface area contributed by atoms with E-state index in [9.17, 15) is 4.79 Å².